The predicted octanol–water partition coefficient (Wildman–Crippen LogP) is 5.50. The zero-order valence-electron chi connectivity index (χ0n) is 10.7. The Kier molecular flexibility index (Phi) is 5.45. The quantitative estimate of drug-likeness (QED) is 0.776. The van der Waals surface area contributed by atoms with Crippen molar-refractivity contribution < 1.29 is 18.3 Å². The molecule has 8 heteroatoms. The van der Waals surface area contributed by atoms with Gasteiger partial charge >= 0.3 is 6.61 Å². The van der Waals surface area contributed by atoms with Crippen molar-refractivity contribution in [1.29, 1.82) is 0 Å². The third-order valence-corrected chi connectivity index (χ3v) is 3.52. The van der Waals surface area contributed by atoms with E-state index in [4.69, 9.17) is 34.8 Å². The summed E-state index contributed by atoms with van der Waals surface area (Å²) in [6, 6.07) is 8.52. The van der Waals surface area contributed by atoms with Gasteiger partial charge in [-0.05, 0) is 30.3 Å². The summed E-state index contributed by atoms with van der Waals surface area (Å²) < 4.78 is 28.5. The SMILES string of the molecule is O=C(Nc1ccc(OC(F)F)c(Cl)c1)c1c(Cl)cccc1Cl. The van der Waals surface area contributed by atoms with E-state index in [1.54, 1.807) is 6.07 Å². The molecule has 0 heterocycles. The number of anilines is 1. The fraction of sp³-hybridized carbons (Fsp3) is 0.0714. The van der Waals surface area contributed by atoms with Gasteiger partial charge in [-0.25, -0.2) is 0 Å². The molecule has 0 atom stereocenters. The highest BCUT2D eigenvalue weighted by Gasteiger charge is 2.16. The number of carbonyl (C=O) groups is 1. The Balaban J connectivity index is 2.20. The van der Waals surface area contributed by atoms with Crippen LogP contribution in [0.3, 0.4) is 0 Å². The lowest BCUT2D eigenvalue weighted by molar-refractivity contribution is -0.0497. The molecule has 2 aromatic carbocycles. The van der Waals surface area contributed by atoms with E-state index in [0.29, 0.717) is 0 Å². The Morgan fingerprint density at radius 1 is 1.05 bits per heavy atom. The maximum absolute atomic E-state index is 12.2. The third kappa shape index (κ3) is 4.00. The molecule has 0 aliphatic carbocycles. The van der Waals surface area contributed by atoms with E-state index in [2.05, 4.69) is 10.1 Å². The van der Waals surface area contributed by atoms with E-state index in [-0.39, 0.29) is 32.1 Å². The average Bonchev–Trinajstić information content (AvgIpc) is 2.41. The van der Waals surface area contributed by atoms with Crippen molar-refractivity contribution in [1.82, 2.24) is 0 Å². The number of hydrogen-bond donors (Lipinski definition) is 1. The van der Waals surface area contributed by atoms with Crippen molar-refractivity contribution in [2.45, 2.75) is 6.61 Å². The van der Waals surface area contributed by atoms with Crippen LogP contribution in [0.1, 0.15) is 10.4 Å². The van der Waals surface area contributed by atoms with Gasteiger partial charge in [0.25, 0.3) is 5.91 Å². The van der Waals surface area contributed by atoms with E-state index < -0.39 is 12.5 Å². The Hall–Kier alpha value is -1.56. The lowest BCUT2D eigenvalue weighted by Crippen LogP contribution is -2.13. The van der Waals surface area contributed by atoms with Crippen molar-refractivity contribution >= 4 is 46.4 Å². The van der Waals surface area contributed by atoms with Gasteiger partial charge in [0.05, 0.1) is 20.6 Å². The molecule has 22 heavy (non-hydrogen) atoms. The number of carbonyl (C=O) groups excluding carboxylic acids is 1. The minimum absolute atomic E-state index is 0.0663. The second-order valence-electron chi connectivity index (χ2n) is 4.07. The van der Waals surface area contributed by atoms with Crippen LogP contribution in [0.15, 0.2) is 36.4 Å². The molecule has 3 nitrogen and oxygen atoms in total. The van der Waals surface area contributed by atoms with Crippen molar-refractivity contribution in [2.75, 3.05) is 5.32 Å². The molecule has 0 saturated heterocycles. The molecule has 1 N–H and O–H groups in total. The second kappa shape index (κ2) is 7.13. The van der Waals surface area contributed by atoms with E-state index in [9.17, 15) is 13.6 Å². The van der Waals surface area contributed by atoms with Gasteiger partial charge in [0.2, 0.25) is 0 Å². The summed E-state index contributed by atoms with van der Waals surface area (Å²) in [5, 5.41) is 2.84. The summed E-state index contributed by atoms with van der Waals surface area (Å²) >= 11 is 17.7. The van der Waals surface area contributed by atoms with E-state index >= 15 is 0 Å². The largest absolute Gasteiger partial charge is 0.433 e. The number of alkyl halides is 2. The monoisotopic (exact) mass is 365 g/mol. The molecule has 2 aromatic rings. The normalized spacial score (nSPS) is 10.6. The third-order valence-electron chi connectivity index (χ3n) is 2.60. The van der Waals surface area contributed by atoms with E-state index in [1.165, 1.54) is 30.3 Å². The highest BCUT2D eigenvalue weighted by molar-refractivity contribution is 6.40. The van der Waals surface area contributed by atoms with Gasteiger partial charge in [-0.3, -0.25) is 4.79 Å². The van der Waals surface area contributed by atoms with Gasteiger partial charge in [0, 0.05) is 5.69 Å². The first kappa shape index (κ1) is 16.8. The Labute approximate surface area is 139 Å². The van der Waals surface area contributed by atoms with Crippen LogP contribution >= 0.6 is 34.8 Å². The fourth-order valence-corrected chi connectivity index (χ4v) is 2.47. The van der Waals surface area contributed by atoms with Gasteiger partial charge in [-0.1, -0.05) is 40.9 Å². The number of nitrogens with one attached hydrogen (secondary N) is 1. The first-order chi connectivity index (χ1) is 10.4. The number of ether oxygens (including phenoxy) is 1. The molecule has 0 aliphatic heterocycles. The molecular weight excluding hydrogens is 359 g/mol. The lowest BCUT2D eigenvalue weighted by atomic mass is 10.2. The zero-order valence-corrected chi connectivity index (χ0v) is 13.0. The van der Waals surface area contributed by atoms with Crippen molar-refractivity contribution in [3.05, 3.63) is 57.0 Å². The van der Waals surface area contributed by atoms with Crippen LogP contribution in [0.5, 0.6) is 5.75 Å². The topological polar surface area (TPSA) is 38.3 Å². The molecule has 0 aromatic heterocycles. The summed E-state index contributed by atoms with van der Waals surface area (Å²) in [5.74, 6) is -0.736. The molecule has 1 amide bonds. The molecule has 2 rings (SSSR count). The summed E-state index contributed by atoms with van der Waals surface area (Å²) in [4.78, 5) is 12.2. The van der Waals surface area contributed by atoms with Crippen molar-refractivity contribution in [3.8, 4) is 5.75 Å². The Bertz CT molecular complexity index is 690. The number of hydrogen-bond acceptors (Lipinski definition) is 2. The van der Waals surface area contributed by atoms with Crippen LogP contribution in [0, 0.1) is 0 Å². The number of amides is 1. The maximum Gasteiger partial charge on any atom is 0.387 e. The summed E-state index contributed by atoms with van der Waals surface area (Å²) in [5.41, 5.74) is 0.391. The standard InChI is InChI=1S/C14H8Cl3F2NO2/c15-8-2-1-3-9(16)12(8)13(21)20-7-4-5-11(10(17)6-7)22-14(18)19/h1-6,14H,(H,20,21). The first-order valence-electron chi connectivity index (χ1n) is 5.88. The van der Waals surface area contributed by atoms with Crippen LogP contribution < -0.4 is 10.1 Å². The summed E-state index contributed by atoms with van der Waals surface area (Å²) in [6.45, 7) is -2.99. The van der Waals surface area contributed by atoms with Gasteiger partial charge < -0.3 is 10.1 Å². The van der Waals surface area contributed by atoms with Crippen LogP contribution in [0.25, 0.3) is 0 Å². The highest BCUT2D eigenvalue weighted by atomic mass is 35.5. The Morgan fingerprint density at radius 2 is 1.68 bits per heavy atom. The molecule has 0 unspecified atom stereocenters. The fourth-order valence-electron chi connectivity index (χ4n) is 1.68. The highest BCUT2D eigenvalue weighted by Crippen LogP contribution is 2.30. The number of benzene rings is 2. The summed E-state index contributed by atoms with van der Waals surface area (Å²) in [6.07, 6.45) is 0. The van der Waals surface area contributed by atoms with Crippen LogP contribution in [-0.2, 0) is 0 Å². The molecule has 0 spiro atoms. The van der Waals surface area contributed by atoms with Crippen LogP contribution in [0.4, 0.5) is 14.5 Å². The molecule has 116 valence electrons. The van der Waals surface area contributed by atoms with Gasteiger partial charge in [0.15, 0.2) is 0 Å². The van der Waals surface area contributed by atoms with Crippen LogP contribution in [-0.4, -0.2) is 12.5 Å². The molecule has 0 bridgehead atoms. The molecule has 0 aliphatic rings. The smallest absolute Gasteiger partial charge is 0.387 e. The number of halogens is 5. The minimum Gasteiger partial charge on any atom is -0.433 e. The van der Waals surface area contributed by atoms with Gasteiger partial charge in [-0.15, -0.1) is 0 Å². The van der Waals surface area contributed by atoms with E-state index in [1.807, 2.05) is 0 Å². The molecule has 0 radical (unpaired) electrons. The average molecular weight is 367 g/mol. The van der Waals surface area contributed by atoms with Gasteiger partial charge in [-0.2, -0.15) is 8.78 Å². The first-order valence-corrected chi connectivity index (χ1v) is 7.01. The molecular formula is C14H8Cl3F2NO2. The van der Waals surface area contributed by atoms with Crippen molar-refractivity contribution in [3.63, 3.8) is 0 Å². The lowest BCUT2D eigenvalue weighted by Gasteiger charge is -2.11. The van der Waals surface area contributed by atoms with E-state index in [0.717, 1.165) is 0 Å². The molecule has 0 fully saturated rings. The second-order valence-corrected chi connectivity index (χ2v) is 5.30. The Morgan fingerprint density at radius 3 is 2.23 bits per heavy atom. The minimum atomic E-state index is -2.99. The molecule has 0 saturated carbocycles. The predicted molar refractivity (Wildman–Crippen MR) is 82.5 cm³/mol. The summed E-state index contributed by atoms with van der Waals surface area (Å²) in [7, 11) is 0. The zero-order chi connectivity index (χ0) is 16.3. The number of rotatable bonds is 4. The van der Waals surface area contributed by atoms with Crippen molar-refractivity contribution in [2.24, 2.45) is 0 Å². The van der Waals surface area contributed by atoms with Gasteiger partial charge in [0.1, 0.15) is 5.75 Å². The maximum atomic E-state index is 12.2. The van der Waals surface area contributed by atoms with Crippen LogP contribution in [0.2, 0.25) is 15.1 Å².